The van der Waals surface area contributed by atoms with Crippen molar-refractivity contribution >= 4 is 53.2 Å². The Labute approximate surface area is 331 Å². The number of rotatable bonds is 31. The molecule has 0 unspecified atom stereocenters. The van der Waals surface area contributed by atoms with Crippen molar-refractivity contribution in [3.63, 3.8) is 0 Å². The highest BCUT2D eigenvalue weighted by molar-refractivity contribution is 5.79. The molecule has 19 heteroatoms. The molecule has 0 atom stereocenters. The van der Waals surface area contributed by atoms with E-state index in [1.807, 2.05) is 4.90 Å². The summed E-state index contributed by atoms with van der Waals surface area (Å²) in [7, 11) is 3.27. The third kappa shape index (κ3) is 22.7. The third-order valence-corrected chi connectivity index (χ3v) is 8.73. The summed E-state index contributed by atoms with van der Waals surface area (Å²) in [6.07, 6.45) is 6.90. The van der Waals surface area contributed by atoms with Crippen LogP contribution in [0.25, 0.3) is 0 Å². The number of hydrogen-bond acceptors (Lipinski definition) is 14. The van der Waals surface area contributed by atoms with E-state index in [1.165, 1.54) is 6.92 Å². The van der Waals surface area contributed by atoms with Crippen molar-refractivity contribution in [3.05, 3.63) is 0 Å². The Bertz CT molecular complexity index is 1280. The second kappa shape index (κ2) is 29.6. The van der Waals surface area contributed by atoms with Gasteiger partial charge in [0.25, 0.3) is 0 Å². The first-order valence-electron chi connectivity index (χ1n) is 19.9. The fourth-order valence-electron chi connectivity index (χ4n) is 5.55. The van der Waals surface area contributed by atoms with Gasteiger partial charge in [-0.3, -0.25) is 24.0 Å². The van der Waals surface area contributed by atoms with E-state index in [1.54, 1.807) is 19.1 Å². The van der Waals surface area contributed by atoms with Gasteiger partial charge in [0, 0.05) is 131 Å². The highest BCUT2D eigenvalue weighted by atomic mass is 16.5. The number of nitrogens with zero attached hydrogens (tertiary/aromatic N) is 5. The molecule has 2 rings (SSSR count). The zero-order chi connectivity index (χ0) is 40.8. The second-order valence-electron chi connectivity index (χ2n) is 13.6. The molecule has 0 saturated carbocycles. The fourth-order valence-corrected chi connectivity index (χ4v) is 5.55. The molecule has 1 fully saturated rings. The lowest BCUT2D eigenvalue weighted by molar-refractivity contribution is -0.131. The zero-order valence-corrected chi connectivity index (χ0v) is 33.7. The predicted molar refractivity (Wildman–Crippen MR) is 212 cm³/mol. The van der Waals surface area contributed by atoms with Crippen molar-refractivity contribution in [2.24, 2.45) is 0 Å². The van der Waals surface area contributed by atoms with Crippen molar-refractivity contribution in [2.75, 3.05) is 108 Å². The molecule has 19 nitrogen and oxygen atoms in total. The van der Waals surface area contributed by atoms with Gasteiger partial charge in [-0.1, -0.05) is 0 Å². The van der Waals surface area contributed by atoms with Gasteiger partial charge in [0.05, 0.1) is 0 Å². The van der Waals surface area contributed by atoms with Crippen LogP contribution in [0, 0.1) is 0 Å². The molecule has 1 saturated heterocycles. The molecule has 0 bridgehead atoms. The summed E-state index contributed by atoms with van der Waals surface area (Å²) >= 11 is 0. The first-order valence-corrected chi connectivity index (χ1v) is 19.9. The van der Waals surface area contributed by atoms with Gasteiger partial charge in [0.2, 0.25) is 47.4 Å². The van der Waals surface area contributed by atoms with Crippen molar-refractivity contribution in [3.8, 4) is 0 Å². The topological polar surface area (TPSA) is 238 Å². The Hall–Kier alpha value is -4.65. The van der Waals surface area contributed by atoms with E-state index in [-0.39, 0.29) is 73.1 Å². The summed E-state index contributed by atoms with van der Waals surface area (Å²) in [4.78, 5) is 90.0. The summed E-state index contributed by atoms with van der Waals surface area (Å²) in [6, 6.07) is 0. The molecule has 6 N–H and O–H groups in total. The summed E-state index contributed by atoms with van der Waals surface area (Å²) in [5, 5.41) is 17.6. The quantitative estimate of drug-likeness (QED) is 0.0570. The largest absolute Gasteiger partial charge is 0.385 e. The van der Waals surface area contributed by atoms with Gasteiger partial charge < -0.3 is 56.0 Å². The number of ketones is 1. The van der Waals surface area contributed by atoms with Crippen LogP contribution >= 0.6 is 0 Å². The number of Topliss-reactive ketones (excluding diaryl/α,β-unsaturated/α-hetero) is 1. The molecule has 0 radical (unpaired) electrons. The number of methoxy groups -OCH3 is 2. The van der Waals surface area contributed by atoms with E-state index in [4.69, 9.17) is 9.47 Å². The Morgan fingerprint density at radius 3 is 1.39 bits per heavy atom. The SMILES string of the molecule is COCCCCC(=O)NCCCNC(=O)CCNc1nc(NCCC(=O)NCCCNC(=O)CCCCOC)nc(N2CCN(C(=O)CCCC(C)=O)CC2)n1. The van der Waals surface area contributed by atoms with Crippen LogP contribution in [0.15, 0.2) is 0 Å². The minimum Gasteiger partial charge on any atom is -0.385 e. The van der Waals surface area contributed by atoms with E-state index in [0.29, 0.717) is 116 Å². The first kappa shape index (κ1) is 47.5. The van der Waals surface area contributed by atoms with Crippen molar-refractivity contribution in [1.29, 1.82) is 0 Å². The van der Waals surface area contributed by atoms with Crippen LogP contribution in [0.2, 0.25) is 0 Å². The summed E-state index contributed by atoms with van der Waals surface area (Å²) in [5.74, 6) is 0.638. The van der Waals surface area contributed by atoms with E-state index >= 15 is 0 Å². The van der Waals surface area contributed by atoms with Crippen LogP contribution in [0.3, 0.4) is 0 Å². The number of anilines is 3. The molecule has 1 aromatic heterocycles. The molecule has 0 spiro atoms. The summed E-state index contributed by atoms with van der Waals surface area (Å²) in [6.45, 7) is 7.06. The van der Waals surface area contributed by atoms with Crippen LogP contribution in [-0.2, 0) is 38.2 Å². The van der Waals surface area contributed by atoms with E-state index < -0.39 is 0 Å². The van der Waals surface area contributed by atoms with E-state index in [0.717, 1.165) is 25.7 Å². The van der Waals surface area contributed by atoms with E-state index in [2.05, 4.69) is 46.9 Å². The second-order valence-corrected chi connectivity index (χ2v) is 13.6. The fraction of sp³-hybridized carbons (Fsp3) is 0.757. The average molecular weight is 792 g/mol. The molecule has 316 valence electrons. The Balaban J connectivity index is 1.84. The van der Waals surface area contributed by atoms with Crippen molar-refractivity contribution < 1.29 is 38.2 Å². The monoisotopic (exact) mass is 792 g/mol. The Morgan fingerprint density at radius 2 is 0.964 bits per heavy atom. The molecule has 56 heavy (non-hydrogen) atoms. The van der Waals surface area contributed by atoms with Gasteiger partial charge in [0.1, 0.15) is 5.78 Å². The predicted octanol–water partition coefficient (Wildman–Crippen LogP) is 0.762. The number of aromatic nitrogens is 3. The first-order chi connectivity index (χ1) is 27.1. The molecule has 0 aliphatic carbocycles. The highest BCUT2D eigenvalue weighted by Crippen LogP contribution is 2.17. The maximum Gasteiger partial charge on any atom is 0.232 e. The van der Waals surface area contributed by atoms with E-state index in [9.17, 15) is 28.8 Å². The zero-order valence-electron chi connectivity index (χ0n) is 33.7. The maximum atomic E-state index is 12.7. The van der Waals surface area contributed by atoms with Crippen LogP contribution in [-0.4, -0.2) is 148 Å². The highest BCUT2D eigenvalue weighted by Gasteiger charge is 2.23. The molecule has 1 aliphatic rings. The number of piperazine rings is 1. The number of unbranched alkanes of at least 4 members (excludes halogenated alkanes) is 2. The minimum absolute atomic E-state index is 0.0130. The molecule has 5 amide bonds. The normalized spacial score (nSPS) is 12.5. The molecular weight excluding hydrogens is 726 g/mol. The van der Waals surface area contributed by atoms with Crippen molar-refractivity contribution in [2.45, 2.75) is 90.4 Å². The van der Waals surface area contributed by atoms with Crippen LogP contribution in [0.5, 0.6) is 0 Å². The number of ether oxygens (including phenoxy) is 2. The van der Waals surface area contributed by atoms with Crippen LogP contribution in [0.1, 0.15) is 90.4 Å². The van der Waals surface area contributed by atoms with Gasteiger partial charge in [-0.15, -0.1) is 0 Å². The Kier molecular flexibility index (Phi) is 25.1. The Morgan fingerprint density at radius 1 is 0.518 bits per heavy atom. The smallest absolute Gasteiger partial charge is 0.232 e. The molecule has 0 aromatic carbocycles. The lowest BCUT2D eigenvalue weighted by Gasteiger charge is -2.35. The molecular formula is C37H65N11O8. The number of carbonyl (C=O) groups is 6. The number of carbonyl (C=O) groups excluding carboxylic acids is 6. The third-order valence-electron chi connectivity index (χ3n) is 8.73. The van der Waals surface area contributed by atoms with Crippen molar-refractivity contribution in [1.82, 2.24) is 41.1 Å². The van der Waals surface area contributed by atoms with Gasteiger partial charge in [-0.2, -0.15) is 15.0 Å². The minimum atomic E-state index is -0.161. The molecule has 2 heterocycles. The van der Waals surface area contributed by atoms with Gasteiger partial charge >= 0.3 is 0 Å². The van der Waals surface area contributed by atoms with Crippen LogP contribution in [0.4, 0.5) is 17.8 Å². The molecule has 1 aromatic rings. The summed E-state index contributed by atoms with van der Waals surface area (Å²) in [5.41, 5.74) is 0. The number of amides is 5. The van der Waals surface area contributed by atoms with Gasteiger partial charge in [0.15, 0.2) is 0 Å². The molecule has 1 aliphatic heterocycles. The standard InChI is InChI=1S/C37H65N11O8/c1-29(49)11-8-14-34(54)47-23-25-48(26-24-47)37-45-35(42-21-15-32(52)40-19-9-17-38-30(50)12-4-6-27-55-2)44-36(46-37)43-22-16-33(53)41-20-10-18-39-31(51)13-5-7-28-56-3/h4-28H2,1-3H3,(H,38,50)(H,39,51)(H,40,52)(H,41,53)(H2,42,43,44,45,46). The van der Waals surface area contributed by atoms with Gasteiger partial charge in [-0.25, -0.2) is 0 Å². The van der Waals surface area contributed by atoms with Gasteiger partial charge in [-0.05, 0) is 51.9 Å². The number of hydrogen-bond donors (Lipinski definition) is 6. The number of nitrogens with one attached hydrogen (secondary N) is 6. The lowest BCUT2D eigenvalue weighted by Crippen LogP contribution is -2.49. The summed E-state index contributed by atoms with van der Waals surface area (Å²) < 4.78 is 9.98. The average Bonchev–Trinajstić information content (AvgIpc) is 3.17. The maximum absolute atomic E-state index is 12.7. The lowest BCUT2D eigenvalue weighted by atomic mass is 10.1. The van der Waals surface area contributed by atoms with Crippen LogP contribution < -0.4 is 36.8 Å².